The van der Waals surface area contributed by atoms with Crippen molar-refractivity contribution in [2.75, 3.05) is 0 Å². The molecule has 1 saturated heterocycles. The summed E-state index contributed by atoms with van der Waals surface area (Å²) < 4.78 is 22.8. The largest absolute Gasteiger partial charge is 2.00 e. The summed E-state index contributed by atoms with van der Waals surface area (Å²) in [6.07, 6.45) is 0. The molecule has 0 aromatic heterocycles. The van der Waals surface area contributed by atoms with E-state index in [9.17, 15) is 0 Å². The first-order chi connectivity index (χ1) is 2.21. The molecule has 0 bridgehead atoms. The molecule has 0 aromatic rings. The number of hydrogen-bond donors (Lipinski definition) is 2. The van der Waals surface area contributed by atoms with Crippen molar-refractivity contribution in [3.05, 3.63) is 0 Å². The van der Waals surface area contributed by atoms with Crippen LogP contribution in [0.4, 0.5) is 0 Å². The average Bonchev–Trinajstić information content (AvgIpc) is 1.76. The zero-order chi connectivity index (χ0) is 3.91. The molecule has 52 valence electrons. The van der Waals surface area contributed by atoms with Gasteiger partial charge in [0.25, 0.3) is 11.2 Å². The molecule has 5 nitrogen and oxygen atoms in total. The number of hydrogen-bond acceptors (Lipinski definition) is 4. The van der Waals surface area contributed by atoms with Crippen LogP contribution in [0.5, 0.6) is 0 Å². The van der Waals surface area contributed by atoms with Gasteiger partial charge in [-0.1, -0.05) is 8.67 Å². The monoisotopic (exact) mass is 194 g/mol. The van der Waals surface area contributed by atoms with E-state index in [4.69, 9.17) is 9.11 Å². The fourth-order valence-electron chi connectivity index (χ4n) is 0.0248. The van der Waals surface area contributed by atoms with Crippen LogP contribution in [0.3, 0.4) is 0 Å². The van der Waals surface area contributed by atoms with Gasteiger partial charge < -0.3 is 14.0 Å². The maximum atomic E-state index is 7.83. The minimum atomic E-state index is -2.92. The SMILES string of the molecule is O.OS1(O)OO1.[H-].[H-].[H-].[H-].[H-].[H-].[Mg+2].[Mg+2].[Mg+2]. The van der Waals surface area contributed by atoms with Crippen LogP contribution < -0.4 is 0 Å². The third-order valence-electron chi connectivity index (χ3n) is 0.190. The van der Waals surface area contributed by atoms with E-state index >= 15 is 0 Å². The summed E-state index contributed by atoms with van der Waals surface area (Å²) in [6, 6.07) is 0. The molecule has 0 aromatic carbocycles. The smallest absolute Gasteiger partial charge is 1.00 e. The second kappa shape index (κ2) is 8.54. The molecular formula is H10Mg3O5S. The van der Waals surface area contributed by atoms with Gasteiger partial charge in [0, 0.05) is 0 Å². The average molecular weight is 195 g/mol. The van der Waals surface area contributed by atoms with E-state index in [1.54, 1.807) is 0 Å². The molecule has 0 spiro atoms. The van der Waals surface area contributed by atoms with Crippen molar-refractivity contribution < 1.29 is 31.8 Å². The first-order valence-corrected chi connectivity index (χ1v) is 2.26. The van der Waals surface area contributed by atoms with Crippen molar-refractivity contribution in [2.45, 2.75) is 0 Å². The van der Waals surface area contributed by atoms with Crippen molar-refractivity contribution in [1.82, 2.24) is 0 Å². The molecule has 0 atom stereocenters. The van der Waals surface area contributed by atoms with Crippen LogP contribution >= 0.6 is 11.2 Å². The van der Waals surface area contributed by atoms with Crippen molar-refractivity contribution in [3.63, 3.8) is 0 Å². The fraction of sp³-hybridized carbons (Fsp3) is 0. The maximum absolute atomic E-state index is 7.83. The van der Waals surface area contributed by atoms with Gasteiger partial charge in [0.15, 0.2) is 0 Å². The second-order valence-corrected chi connectivity index (χ2v) is 1.75. The second-order valence-electron chi connectivity index (χ2n) is 0.584. The van der Waals surface area contributed by atoms with Gasteiger partial charge in [-0.3, -0.25) is 9.11 Å². The first-order valence-electron chi connectivity index (χ1n) is 0.865. The molecule has 0 aliphatic carbocycles. The van der Waals surface area contributed by atoms with Crippen molar-refractivity contribution >= 4 is 80.3 Å². The Morgan fingerprint density at radius 3 is 1.11 bits per heavy atom. The molecule has 0 amide bonds. The van der Waals surface area contributed by atoms with Gasteiger partial charge in [-0.05, 0) is 0 Å². The molecule has 1 aliphatic heterocycles. The Hall–Kier alpha value is 2.45. The van der Waals surface area contributed by atoms with Gasteiger partial charge in [-0.25, -0.2) is 0 Å². The van der Waals surface area contributed by atoms with Crippen molar-refractivity contribution in [3.8, 4) is 0 Å². The van der Waals surface area contributed by atoms with E-state index in [0.717, 1.165) is 0 Å². The Bertz CT molecular complexity index is 64.7. The molecule has 0 unspecified atom stereocenters. The molecule has 1 heterocycles. The summed E-state index contributed by atoms with van der Waals surface area (Å²) in [6.45, 7) is 0. The van der Waals surface area contributed by atoms with Crippen molar-refractivity contribution in [2.24, 2.45) is 0 Å². The van der Waals surface area contributed by atoms with Crippen LogP contribution in [-0.4, -0.2) is 83.7 Å². The summed E-state index contributed by atoms with van der Waals surface area (Å²) >= 11 is -2.92. The zero-order valence-electron chi connectivity index (χ0n) is 10.7. The fourth-order valence-corrected chi connectivity index (χ4v) is 0.224. The third kappa shape index (κ3) is 13.4. The van der Waals surface area contributed by atoms with E-state index in [-0.39, 0.29) is 83.2 Å². The Labute approximate surface area is 111 Å². The standard InChI is InChI=1S/3Mg.H2O4S.H2O.6H/c;;;1-5(2)3-4-5;;;;;;;/h;;;1-2H;1H2;;;;;;/q3*+2;;;6*-1. The molecule has 1 fully saturated rings. The minimum absolute atomic E-state index is 0. The summed E-state index contributed by atoms with van der Waals surface area (Å²) in [4.78, 5) is 0. The van der Waals surface area contributed by atoms with E-state index in [1.807, 2.05) is 0 Å². The van der Waals surface area contributed by atoms with E-state index in [0.29, 0.717) is 0 Å². The Balaban J connectivity index is -0.00000000312. The van der Waals surface area contributed by atoms with Gasteiger partial charge in [-0.2, -0.15) is 0 Å². The van der Waals surface area contributed by atoms with Crippen LogP contribution in [-0.2, 0) is 8.67 Å². The Morgan fingerprint density at radius 1 is 1.00 bits per heavy atom. The van der Waals surface area contributed by atoms with Gasteiger partial charge in [-0.15, -0.1) is 0 Å². The third-order valence-corrected chi connectivity index (χ3v) is 0.569. The molecule has 9 heteroatoms. The summed E-state index contributed by atoms with van der Waals surface area (Å²) in [5.74, 6) is 0. The van der Waals surface area contributed by atoms with Gasteiger partial charge in [0.1, 0.15) is 0 Å². The summed E-state index contributed by atoms with van der Waals surface area (Å²) in [5.41, 5.74) is 0. The number of rotatable bonds is 0. The molecule has 9 heavy (non-hydrogen) atoms. The minimum Gasteiger partial charge on any atom is -1.00 e. The zero-order valence-corrected chi connectivity index (χ0v) is 9.80. The molecule has 4 N–H and O–H groups in total. The predicted molar refractivity (Wildman–Crippen MR) is 42.6 cm³/mol. The van der Waals surface area contributed by atoms with Crippen LogP contribution in [0.1, 0.15) is 8.56 Å². The van der Waals surface area contributed by atoms with Gasteiger partial charge in [0.2, 0.25) is 0 Å². The van der Waals surface area contributed by atoms with Crippen LogP contribution in [0, 0.1) is 0 Å². The van der Waals surface area contributed by atoms with Crippen LogP contribution in [0.15, 0.2) is 0 Å². The quantitative estimate of drug-likeness (QED) is 0.301. The van der Waals surface area contributed by atoms with Gasteiger partial charge in [0.05, 0.1) is 0 Å². The molecule has 1 aliphatic rings. The topological polar surface area (TPSA) is 97.0 Å². The normalized spacial score (nSPS) is 20.2. The van der Waals surface area contributed by atoms with Gasteiger partial charge >= 0.3 is 69.2 Å². The molecule has 0 radical (unpaired) electrons. The molecular weight excluding hydrogens is 185 g/mol. The van der Waals surface area contributed by atoms with Crippen molar-refractivity contribution in [1.29, 1.82) is 0 Å². The predicted octanol–water partition coefficient (Wildman–Crippen LogP) is -0.763. The first kappa shape index (κ1) is 22.5. The van der Waals surface area contributed by atoms with Crippen LogP contribution in [0.2, 0.25) is 0 Å². The molecule has 0 saturated carbocycles. The van der Waals surface area contributed by atoms with E-state index < -0.39 is 11.2 Å². The summed E-state index contributed by atoms with van der Waals surface area (Å²) in [7, 11) is 0. The Morgan fingerprint density at radius 2 is 1.11 bits per heavy atom. The Kier molecular flexibility index (Phi) is 21.4. The summed E-state index contributed by atoms with van der Waals surface area (Å²) in [5, 5.41) is 0. The van der Waals surface area contributed by atoms with E-state index in [1.165, 1.54) is 0 Å². The maximum Gasteiger partial charge on any atom is 2.00 e. The van der Waals surface area contributed by atoms with E-state index in [2.05, 4.69) is 8.67 Å². The molecule has 1 rings (SSSR count). The van der Waals surface area contributed by atoms with Crippen LogP contribution in [0.25, 0.3) is 0 Å².